The first-order valence-electron chi connectivity index (χ1n) is 10.1. The molecule has 0 unspecified atom stereocenters. The summed E-state index contributed by atoms with van der Waals surface area (Å²) < 4.78 is 11.6. The molecule has 3 N–H and O–H groups in total. The average Bonchev–Trinajstić information content (AvgIpc) is 2.63. The zero-order valence-corrected chi connectivity index (χ0v) is 16.4. The number of nitrogens with two attached hydrogens (primary N) is 1. The van der Waals surface area contributed by atoms with Crippen molar-refractivity contribution in [3.63, 3.8) is 0 Å². The third kappa shape index (κ3) is 8.56. The van der Waals surface area contributed by atoms with Gasteiger partial charge in [0.25, 0.3) is 0 Å². The van der Waals surface area contributed by atoms with Gasteiger partial charge >= 0.3 is 0 Å². The molecule has 1 aliphatic carbocycles. The van der Waals surface area contributed by atoms with E-state index in [1.807, 2.05) is 38.1 Å². The van der Waals surface area contributed by atoms with E-state index in [-0.39, 0.29) is 6.10 Å². The number of ether oxygens (including phenoxy) is 2. The number of guanidine groups is 1. The molecule has 1 aromatic rings. The van der Waals surface area contributed by atoms with Gasteiger partial charge < -0.3 is 20.5 Å². The lowest BCUT2D eigenvalue weighted by Gasteiger charge is -2.21. The summed E-state index contributed by atoms with van der Waals surface area (Å²) >= 11 is 0. The smallest absolute Gasteiger partial charge is 0.193 e. The summed E-state index contributed by atoms with van der Waals surface area (Å²) in [7, 11) is 0. The Morgan fingerprint density at radius 3 is 2.54 bits per heavy atom. The molecule has 5 heteroatoms. The Kier molecular flexibility index (Phi) is 9.32. The first-order chi connectivity index (χ1) is 12.6. The Morgan fingerprint density at radius 1 is 1.12 bits per heavy atom. The van der Waals surface area contributed by atoms with E-state index in [1.54, 1.807) is 0 Å². The number of aliphatic imine (C=N–C) groups is 1. The van der Waals surface area contributed by atoms with Gasteiger partial charge in [-0.3, -0.25) is 4.99 Å². The van der Waals surface area contributed by atoms with Gasteiger partial charge in [-0.25, -0.2) is 0 Å². The number of unbranched alkanes of at least 4 members (excludes halogenated alkanes) is 2. The van der Waals surface area contributed by atoms with Crippen molar-refractivity contribution in [1.82, 2.24) is 0 Å². The average molecular weight is 362 g/mol. The highest BCUT2D eigenvalue weighted by molar-refractivity contribution is 5.92. The summed E-state index contributed by atoms with van der Waals surface area (Å²) in [6.45, 7) is 5.65. The normalized spacial score (nSPS) is 16.0. The number of anilines is 1. The zero-order valence-electron chi connectivity index (χ0n) is 16.4. The molecule has 5 nitrogen and oxygen atoms in total. The molecular weight excluding hydrogens is 326 g/mol. The molecule has 0 bridgehead atoms. The first kappa shape index (κ1) is 20.6. The van der Waals surface area contributed by atoms with Gasteiger partial charge in [0.1, 0.15) is 5.75 Å². The van der Waals surface area contributed by atoms with Crippen LogP contribution in [0.1, 0.15) is 65.2 Å². The number of nitrogens with zero attached hydrogens (tertiary/aromatic N) is 1. The lowest BCUT2D eigenvalue weighted by molar-refractivity contribution is 0.0264. The van der Waals surface area contributed by atoms with E-state index >= 15 is 0 Å². The fourth-order valence-electron chi connectivity index (χ4n) is 3.15. The molecule has 1 aromatic carbocycles. The van der Waals surface area contributed by atoms with Gasteiger partial charge in [-0.2, -0.15) is 0 Å². The molecule has 0 saturated heterocycles. The molecule has 1 saturated carbocycles. The SMILES string of the molecule is CC(C)Oc1ccc(NC(N)=NCCCCCOC2CCCCC2)cc1. The van der Waals surface area contributed by atoms with E-state index in [2.05, 4.69) is 10.3 Å². The van der Waals surface area contributed by atoms with Crippen LogP contribution in [0.15, 0.2) is 29.3 Å². The molecule has 1 aliphatic rings. The molecule has 0 radical (unpaired) electrons. The van der Waals surface area contributed by atoms with Crippen LogP contribution in [0.2, 0.25) is 0 Å². The number of benzene rings is 1. The van der Waals surface area contributed by atoms with Crippen molar-refractivity contribution in [3.05, 3.63) is 24.3 Å². The van der Waals surface area contributed by atoms with Gasteiger partial charge in [0.05, 0.1) is 12.2 Å². The standard InChI is InChI=1S/C21H35N3O2/c1-17(2)26-20-13-11-18(12-14-20)24-21(22)23-15-7-4-8-16-25-19-9-5-3-6-10-19/h11-14,17,19H,3-10,15-16H2,1-2H3,(H3,22,23,24). The summed E-state index contributed by atoms with van der Waals surface area (Å²) in [5.41, 5.74) is 6.87. The minimum absolute atomic E-state index is 0.175. The molecule has 0 atom stereocenters. The summed E-state index contributed by atoms with van der Waals surface area (Å²) in [6, 6.07) is 7.76. The van der Waals surface area contributed by atoms with E-state index in [9.17, 15) is 0 Å². The van der Waals surface area contributed by atoms with Crippen LogP contribution in [0.25, 0.3) is 0 Å². The second kappa shape index (κ2) is 11.8. The van der Waals surface area contributed by atoms with Gasteiger partial charge in [0.2, 0.25) is 0 Å². The fraction of sp³-hybridized carbons (Fsp3) is 0.667. The lowest BCUT2D eigenvalue weighted by atomic mass is 9.98. The van der Waals surface area contributed by atoms with Crippen molar-refractivity contribution in [1.29, 1.82) is 0 Å². The predicted molar refractivity (Wildman–Crippen MR) is 109 cm³/mol. The van der Waals surface area contributed by atoms with Crippen LogP contribution in [0.3, 0.4) is 0 Å². The lowest BCUT2D eigenvalue weighted by Crippen LogP contribution is -2.22. The molecule has 2 rings (SSSR count). The van der Waals surface area contributed by atoms with Crippen LogP contribution in [0, 0.1) is 0 Å². The number of hydrogen-bond acceptors (Lipinski definition) is 3. The largest absolute Gasteiger partial charge is 0.491 e. The van der Waals surface area contributed by atoms with Crippen molar-refractivity contribution in [2.45, 2.75) is 77.4 Å². The minimum atomic E-state index is 0.175. The predicted octanol–water partition coefficient (Wildman–Crippen LogP) is 4.72. The molecular formula is C21H35N3O2. The number of hydrogen-bond donors (Lipinski definition) is 2. The highest BCUT2D eigenvalue weighted by Crippen LogP contribution is 2.20. The maximum Gasteiger partial charge on any atom is 0.193 e. The highest BCUT2D eigenvalue weighted by atomic mass is 16.5. The molecule has 26 heavy (non-hydrogen) atoms. The topological polar surface area (TPSA) is 68.9 Å². The second-order valence-corrected chi connectivity index (χ2v) is 7.27. The molecule has 0 spiro atoms. The molecule has 146 valence electrons. The minimum Gasteiger partial charge on any atom is -0.491 e. The van der Waals surface area contributed by atoms with Crippen molar-refractivity contribution >= 4 is 11.6 Å². The summed E-state index contributed by atoms with van der Waals surface area (Å²) in [5, 5.41) is 3.12. The zero-order chi connectivity index (χ0) is 18.6. The molecule has 0 aliphatic heterocycles. The van der Waals surface area contributed by atoms with Crippen LogP contribution < -0.4 is 15.8 Å². The van der Waals surface area contributed by atoms with Gasteiger partial charge in [-0.1, -0.05) is 19.3 Å². The van der Waals surface area contributed by atoms with E-state index in [4.69, 9.17) is 15.2 Å². The third-order valence-electron chi connectivity index (χ3n) is 4.49. The Balaban J connectivity index is 1.55. The Labute approximate surface area is 158 Å². The highest BCUT2D eigenvalue weighted by Gasteiger charge is 2.12. The second-order valence-electron chi connectivity index (χ2n) is 7.27. The van der Waals surface area contributed by atoms with E-state index in [0.29, 0.717) is 12.1 Å². The van der Waals surface area contributed by atoms with Crippen molar-refractivity contribution in [2.75, 3.05) is 18.5 Å². The van der Waals surface area contributed by atoms with Crippen LogP contribution in [0.5, 0.6) is 5.75 Å². The number of rotatable bonds is 10. The summed E-state index contributed by atoms with van der Waals surface area (Å²) in [4.78, 5) is 4.39. The van der Waals surface area contributed by atoms with Crippen LogP contribution in [-0.2, 0) is 4.74 Å². The van der Waals surface area contributed by atoms with Gasteiger partial charge in [0.15, 0.2) is 5.96 Å². The molecule has 0 amide bonds. The first-order valence-corrected chi connectivity index (χ1v) is 10.1. The summed E-state index contributed by atoms with van der Waals surface area (Å²) in [5.74, 6) is 1.32. The van der Waals surface area contributed by atoms with Gasteiger partial charge in [-0.15, -0.1) is 0 Å². The van der Waals surface area contributed by atoms with Crippen LogP contribution in [0.4, 0.5) is 5.69 Å². The van der Waals surface area contributed by atoms with E-state index in [1.165, 1.54) is 32.1 Å². The Hall–Kier alpha value is -1.75. The third-order valence-corrected chi connectivity index (χ3v) is 4.49. The van der Waals surface area contributed by atoms with Crippen molar-refractivity contribution in [2.24, 2.45) is 10.7 Å². The molecule has 1 fully saturated rings. The van der Waals surface area contributed by atoms with Crippen LogP contribution >= 0.6 is 0 Å². The molecule has 0 heterocycles. The van der Waals surface area contributed by atoms with Gasteiger partial charge in [-0.05, 0) is 70.2 Å². The number of nitrogens with one attached hydrogen (secondary N) is 1. The maximum atomic E-state index is 5.95. The van der Waals surface area contributed by atoms with E-state index in [0.717, 1.165) is 43.9 Å². The van der Waals surface area contributed by atoms with Gasteiger partial charge in [0, 0.05) is 18.8 Å². The van der Waals surface area contributed by atoms with E-state index < -0.39 is 0 Å². The molecule has 0 aromatic heterocycles. The quantitative estimate of drug-likeness (QED) is 0.359. The van der Waals surface area contributed by atoms with Crippen LogP contribution in [-0.4, -0.2) is 31.3 Å². The maximum absolute atomic E-state index is 5.95. The fourth-order valence-corrected chi connectivity index (χ4v) is 3.15. The monoisotopic (exact) mass is 361 g/mol. The van der Waals surface area contributed by atoms with Crippen molar-refractivity contribution in [3.8, 4) is 5.75 Å². The summed E-state index contributed by atoms with van der Waals surface area (Å²) in [6.07, 6.45) is 10.5. The Morgan fingerprint density at radius 2 is 1.85 bits per heavy atom. The van der Waals surface area contributed by atoms with Crippen molar-refractivity contribution < 1.29 is 9.47 Å². The Bertz CT molecular complexity index is 523.